The van der Waals surface area contributed by atoms with Crippen LogP contribution in [0.2, 0.25) is 0 Å². The lowest BCUT2D eigenvalue weighted by molar-refractivity contribution is -0.122. The average molecular weight is 476 g/mol. The number of nitrogens with zero attached hydrogens (tertiary/aromatic N) is 1. The molecule has 1 saturated heterocycles. The van der Waals surface area contributed by atoms with Crippen molar-refractivity contribution >= 4 is 33.2 Å². The van der Waals surface area contributed by atoms with Crippen LogP contribution < -0.4 is 19.7 Å². The molecule has 0 radical (unpaired) electrons. The molecule has 2 atom stereocenters. The lowest BCUT2D eigenvalue weighted by atomic mass is 10.1. The summed E-state index contributed by atoms with van der Waals surface area (Å²) in [6.07, 6.45) is 2.19. The van der Waals surface area contributed by atoms with E-state index in [9.17, 15) is 18.0 Å². The van der Waals surface area contributed by atoms with Crippen LogP contribution >= 0.6 is 0 Å². The van der Waals surface area contributed by atoms with Gasteiger partial charge in [0.15, 0.2) is 6.10 Å². The number of amides is 2. The lowest BCUT2D eigenvalue weighted by Gasteiger charge is -2.19. The van der Waals surface area contributed by atoms with Gasteiger partial charge in [-0.15, -0.1) is 0 Å². The van der Waals surface area contributed by atoms with Crippen LogP contribution in [0.25, 0.3) is 0 Å². The van der Waals surface area contributed by atoms with E-state index in [2.05, 4.69) is 10.6 Å². The van der Waals surface area contributed by atoms with Crippen LogP contribution in [0.1, 0.15) is 30.1 Å². The Morgan fingerprint density at radius 2 is 1.88 bits per heavy atom. The van der Waals surface area contributed by atoms with Crippen molar-refractivity contribution in [3.63, 3.8) is 0 Å². The quantitative estimate of drug-likeness (QED) is 0.576. The van der Waals surface area contributed by atoms with E-state index in [0.717, 1.165) is 23.4 Å². The molecule has 2 amide bonds. The van der Waals surface area contributed by atoms with Crippen molar-refractivity contribution in [3.05, 3.63) is 54.1 Å². The Kier molecular flexibility index (Phi) is 7.93. The number of hydrogen-bond acceptors (Lipinski definition) is 6. The first kappa shape index (κ1) is 24.5. The highest BCUT2D eigenvalue weighted by molar-refractivity contribution is 7.92. The van der Waals surface area contributed by atoms with Crippen LogP contribution in [0.3, 0.4) is 0 Å². The number of ether oxygens (including phenoxy) is 2. The first-order valence-corrected chi connectivity index (χ1v) is 12.5. The van der Waals surface area contributed by atoms with E-state index in [0.29, 0.717) is 35.8 Å². The third kappa shape index (κ3) is 6.69. The topological polar surface area (TPSA) is 114 Å². The van der Waals surface area contributed by atoms with Gasteiger partial charge in [-0.3, -0.25) is 13.9 Å². The molecule has 0 bridgehead atoms. The average Bonchev–Trinajstić information content (AvgIpc) is 3.31. The fraction of sp³-hybridized carbons (Fsp3) is 0.391. The summed E-state index contributed by atoms with van der Waals surface area (Å²) in [5, 5.41) is 5.60. The molecule has 33 heavy (non-hydrogen) atoms. The third-order valence-corrected chi connectivity index (χ3v) is 6.53. The largest absolute Gasteiger partial charge is 0.481 e. The molecule has 0 saturated carbocycles. The molecule has 2 aromatic carbocycles. The number of benzene rings is 2. The molecule has 0 spiro atoms. The summed E-state index contributed by atoms with van der Waals surface area (Å²) in [6, 6.07) is 13.1. The number of rotatable bonds is 9. The third-order valence-electron chi connectivity index (χ3n) is 5.32. The van der Waals surface area contributed by atoms with Gasteiger partial charge in [0.05, 0.1) is 29.3 Å². The van der Waals surface area contributed by atoms with Crippen LogP contribution in [0.15, 0.2) is 48.5 Å². The second kappa shape index (κ2) is 10.7. The lowest BCUT2D eigenvalue weighted by Crippen LogP contribution is -2.34. The standard InChI is InChI=1S/C23H29N3O6S/c1-16(32-18-12-10-17(11-13-18)26(2)33(3,29)30)22(27)25-21-9-5-4-8-20(21)23(28)24-15-19-7-6-14-31-19/h4-5,8-13,16,19H,6-7,14-15H2,1-3H3,(H,24,28)(H,25,27)/t16-,19+/m1/s1. The predicted molar refractivity (Wildman–Crippen MR) is 126 cm³/mol. The maximum atomic E-state index is 12.7. The van der Waals surface area contributed by atoms with Gasteiger partial charge >= 0.3 is 0 Å². The van der Waals surface area contributed by atoms with Crippen LogP contribution in [0.5, 0.6) is 5.75 Å². The van der Waals surface area contributed by atoms with Gasteiger partial charge in [0.1, 0.15) is 5.75 Å². The Bertz CT molecular complexity index is 1080. The molecule has 3 rings (SSSR count). The van der Waals surface area contributed by atoms with Crippen molar-refractivity contribution in [2.24, 2.45) is 0 Å². The summed E-state index contributed by atoms with van der Waals surface area (Å²) in [5.74, 6) is -0.307. The van der Waals surface area contributed by atoms with E-state index in [4.69, 9.17) is 9.47 Å². The summed E-state index contributed by atoms with van der Waals surface area (Å²) >= 11 is 0. The predicted octanol–water partition coefficient (Wildman–Crippen LogP) is 2.40. The second-order valence-electron chi connectivity index (χ2n) is 7.86. The van der Waals surface area contributed by atoms with Crippen molar-refractivity contribution < 1.29 is 27.5 Å². The number of carbonyl (C=O) groups is 2. The van der Waals surface area contributed by atoms with Gasteiger partial charge in [0.2, 0.25) is 10.0 Å². The monoisotopic (exact) mass is 475 g/mol. The fourth-order valence-electron chi connectivity index (χ4n) is 3.32. The Morgan fingerprint density at radius 3 is 2.52 bits per heavy atom. The summed E-state index contributed by atoms with van der Waals surface area (Å²) in [6.45, 7) is 2.72. The highest BCUT2D eigenvalue weighted by Crippen LogP contribution is 2.22. The number of carbonyl (C=O) groups excluding carboxylic acids is 2. The minimum atomic E-state index is -3.37. The van der Waals surface area contributed by atoms with Crippen molar-refractivity contribution in [2.75, 3.05) is 36.1 Å². The van der Waals surface area contributed by atoms with E-state index in [1.165, 1.54) is 7.05 Å². The molecule has 2 aromatic rings. The second-order valence-corrected chi connectivity index (χ2v) is 9.88. The highest BCUT2D eigenvalue weighted by atomic mass is 32.2. The Balaban J connectivity index is 1.60. The van der Waals surface area contributed by atoms with Gasteiger partial charge in [-0.25, -0.2) is 8.42 Å². The zero-order chi connectivity index (χ0) is 24.0. The molecular weight excluding hydrogens is 446 g/mol. The van der Waals surface area contributed by atoms with E-state index in [1.54, 1.807) is 55.5 Å². The molecule has 2 N–H and O–H groups in total. The van der Waals surface area contributed by atoms with Gasteiger partial charge < -0.3 is 20.1 Å². The minimum absolute atomic E-state index is 0.0211. The Hall–Kier alpha value is -3.11. The number of anilines is 2. The minimum Gasteiger partial charge on any atom is -0.481 e. The van der Waals surface area contributed by atoms with Crippen LogP contribution in [-0.2, 0) is 19.6 Å². The maximum absolute atomic E-state index is 12.7. The van der Waals surface area contributed by atoms with E-state index in [1.807, 2.05) is 0 Å². The molecule has 178 valence electrons. The van der Waals surface area contributed by atoms with Gasteiger partial charge in [-0.1, -0.05) is 12.1 Å². The van der Waals surface area contributed by atoms with Crippen LogP contribution in [0, 0.1) is 0 Å². The van der Waals surface area contributed by atoms with Crippen molar-refractivity contribution in [1.29, 1.82) is 0 Å². The molecule has 0 aromatic heterocycles. The van der Waals surface area contributed by atoms with Gasteiger partial charge in [-0.05, 0) is 56.2 Å². The molecule has 9 nitrogen and oxygen atoms in total. The number of hydrogen-bond donors (Lipinski definition) is 2. The molecular formula is C23H29N3O6S. The summed E-state index contributed by atoms with van der Waals surface area (Å²) in [7, 11) is -1.92. The number of nitrogens with one attached hydrogen (secondary N) is 2. The summed E-state index contributed by atoms with van der Waals surface area (Å²) in [4.78, 5) is 25.3. The SMILES string of the molecule is C[C@@H](Oc1ccc(N(C)S(C)(=O)=O)cc1)C(=O)Nc1ccccc1C(=O)NC[C@@H]1CCCO1. The molecule has 1 aliphatic rings. The Labute approximate surface area is 194 Å². The van der Waals surface area contributed by atoms with Crippen LogP contribution in [-0.4, -0.2) is 58.9 Å². The molecule has 1 aliphatic heterocycles. The van der Waals surface area contributed by atoms with Gasteiger partial charge in [-0.2, -0.15) is 0 Å². The Morgan fingerprint density at radius 1 is 1.18 bits per heavy atom. The molecule has 1 fully saturated rings. The normalized spacial score (nSPS) is 16.6. The van der Waals surface area contributed by atoms with Crippen molar-refractivity contribution in [2.45, 2.75) is 32.0 Å². The number of sulfonamides is 1. The molecule has 0 unspecified atom stereocenters. The number of para-hydroxylation sites is 1. The van der Waals surface area contributed by atoms with E-state index >= 15 is 0 Å². The summed E-state index contributed by atoms with van der Waals surface area (Å²) < 4.78 is 35.7. The zero-order valence-electron chi connectivity index (χ0n) is 18.9. The first-order valence-electron chi connectivity index (χ1n) is 10.7. The summed E-state index contributed by atoms with van der Waals surface area (Å²) in [5.41, 5.74) is 1.21. The molecule has 1 heterocycles. The van der Waals surface area contributed by atoms with E-state index in [-0.39, 0.29) is 12.0 Å². The zero-order valence-corrected chi connectivity index (χ0v) is 19.7. The van der Waals surface area contributed by atoms with Crippen molar-refractivity contribution in [3.8, 4) is 5.75 Å². The maximum Gasteiger partial charge on any atom is 0.265 e. The smallest absolute Gasteiger partial charge is 0.265 e. The van der Waals surface area contributed by atoms with Gasteiger partial charge in [0.25, 0.3) is 11.8 Å². The van der Waals surface area contributed by atoms with E-state index < -0.39 is 22.0 Å². The van der Waals surface area contributed by atoms with Crippen LogP contribution in [0.4, 0.5) is 11.4 Å². The molecule has 10 heteroatoms. The molecule has 0 aliphatic carbocycles. The van der Waals surface area contributed by atoms with Gasteiger partial charge in [0, 0.05) is 20.2 Å². The first-order chi connectivity index (χ1) is 15.6. The van der Waals surface area contributed by atoms with Crippen molar-refractivity contribution in [1.82, 2.24) is 5.32 Å². The fourth-order valence-corrected chi connectivity index (χ4v) is 3.82. The highest BCUT2D eigenvalue weighted by Gasteiger charge is 2.21.